The van der Waals surface area contributed by atoms with Gasteiger partial charge >= 0.3 is 0 Å². The van der Waals surface area contributed by atoms with Gasteiger partial charge in [-0.25, -0.2) is 8.78 Å². The number of fused-ring (bicyclic) bond motifs is 2. The van der Waals surface area contributed by atoms with E-state index >= 15 is 0 Å². The van der Waals surface area contributed by atoms with Gasteiger partial charge in [0.1, 0.15) is 17.7 Å². The summed E-state index contributed by atoms with van der Waals surface area (Å²) < 4.78 is 56.1. The van der Waals surface area contributed by atoms with Crippen LogP contribution in [0.5, 0.6) is 0 Å². The fraction of sp³-hybridized carbons (Fsp3) is 0.444. The monoisotopic (exact) mass is 1040 g/mol. The highest BCUT2D eigenvalue weighted by Gasteiger charge is 2.44. The van der Waals surface area contributed by atoms with Crippen LogP contribution in [0, 0.1) is 11.6 Å². The van der Waals surface area contributed by atoms with Gasteiger partial charge in [0.15, 0.2) is 5.82 Å². The van der Waals surface area contributed by atoms with Gasteiger partial charge in [-0.1, -0.05) is 6.07 Å². The Kier molecular flexibility index (Phi) is 18.1. The molecule has 0 spiro atoms. The second-order valence-electron chi connectivity index (χ2n) is 18.9. The first-order chi connectivity index (χ1) is 36.6. The Labute approximate surface area is 432 Å². The number of halogens is 2. The Morgan fingerprint density at radius 1 is 0.733 bits per heavy atom. The van der Waals surface area contributed by atoms with Crippen LogP contribution >= 0.6 is 0 Å². The maximum atomic E-state index is 14.0. The van der Waals surface area contributed by atoms with Crippen LogP contribution in [-0.2, 0) is 39.7 Å². The van der Waals surface area contributed by atoms with Gasteiger partial charge in [0, 0.05) is 100 Å². The molecule has 1 unspecified atom stereocenters. The lowest BCUT2D eigenvalue weighted by Gasteiger charge is -2.36. The fourth-order valence-electron chi connectivity index (χ4n) is 9.73. The van der Waals surface area contributed by atoms with Crippen molar-refractivity contribution >= 4 is 63.3 Å². The van der Waals surface area contributed by atoms with Crippen LogP contribution in [0.3, 0.4) is 0 Å². The first kappa shape index (κ1) is 53.0. The number of aromatic amines is 1. The molecule has 0 saturated carbocycles. The molecule has 0 radical (unpaired) electrons. The van der Waals surface area contributed by atoms with Crippen LogP contribution in [0.4, 0.5) is 31.7 Å². The molecular formula is C54H63F2N9O10. The van der Waals surface area contributed by atoms with Crippen molar-refractivity contribution in [1.29, 1.82) is 0 Å². The smallest absolute Gasteiger partial charge is 0.262 e. The van der Waals surface area contributed by atoms with Crippen molar-refractivity contribution in [3.05, 3.63) is 112 Å². The summed E-state index contributed by atoms with van der Waals surface area (Å²) in [6, 6.07) is 19.0. The minimum atomic E-state index is -1.01. The predicted octanol–water partition coefficient (Wildman–Crippen LogP) is 5.37. The molecule has 398 valence electrons. The zero-order valence-electron chi connectivity index (χ0n) is 41.8. The molecule has 4 aromatic carbocycles. The Morgan fingerprint density at radius 3 is 2.17 bits per heavy atom. The van der Waals surface area contributed by atoms with Gasteiger partial charge in [-0.15, -0.1) is 0 Å². The van der Waals surface area contributed by atoms with Crippen molar-refractivity contribution in [1.82, 2.24) is 25.3 Å². The number of hydrogen-bond donors (Lipinski definition) is 5. The quantitative estimate of drug-likeness (QED) is 0.0367. The van der Waals surface area contributed by atoms with Crippen molar-refractivity contribution in [2.45, 2.75) is 50.6 Å². The molecular weight excluding hydrogens is 973 g/mol. The number of aromatic nitrogens is 2. The molecule has 0 aliphatic carbocycles. The highest BCUT2D eigenvalue weighted by molar-refractivity contribution is 6.23. The normalized spacial score (nSPS) is 17.4. The summed E-state index contributed by atoms with van der Waals surface area (Å²) in [6.07, 6.45) is 3.04. The lowest BCUT2D eigenvalue weighted by atomic mass is 10.0. The largest absolute Gasteiger partial charge is 0.383 e. The number of nitrogens with zero attached hydrogens (tertiary/aromatic N) is 4. The minimum Gasteiger partial charge on any atom is -0.383 e. The minimum absolute atomic E-state index is 0.0648. The number of anilines is 4. The SMILES string of the molecule is O=C1CCC(N2C(=O)c3ccc(NCCOCCOCCOCCOCCCN4CCN(c5ccc(C(=O)Nc6n[nH]c7ccc(Cc8cc(F)cc(F)c8)cc67)c(NC6CCOCC6)c5)CC4)cc3C2=O)C(=O)N1. The van der Waals surface area contributed by atoms with Gasteiger partial charge in [-0.3, -0.25) is 44.2 Å². The standard InChI is InChI=1S/C54H63F2N9O10/c55-37-29-36(30-38(56)32-37)28-35-2-7-46-45(31-35)50(62-61-46)60-51(67)43-6-4-41(34-47(43)58-39-10-19-72-20-11-39)64-16-14-63(15-17-64)13-1-18-71-22-24-74-26-27-75-25-23-73-21-12-57-40-3-5-42-44(33-40)54(70)65(53(42)69)48-8-9-49(66)59-52(48)68/h2-7,29-34,39,48,57-58H,1,8-28H2,(H,59,66,68)(H2,60,61,62,67). The van der Waals surface area contributed by atoms with Gasteiger partial charge in [0.05, 0.1) is 68.5 Å². The van der Waals surface area contributed by atoms with Gasteiger partial charge in [0.2, 0.25) is 11.8 Å². The van der Waals surface area contributed by atoms with Crippen LogP contribution < -0.4 is 26.2 Å². The Morgan fingerprint density at radius 2 is 1.44 bits per heavy atom. The molecule has 3 saturated heterocycles. The average molecular weight is 1040 g/mol. The third kappa shape index (κ3) is 13.9. The summed E-state index contributed by atoms with van der Waals surface area (Å²) >= 11 is 0. The number of hydrogen-bond acceptors (Lipinski definition) is 15. The van der Waals surface area contributed by atoms with Crippen molar-refractivity contribution in [2.24, 2.45) is 0 Å². The second kappa shape index (κ2) is 25.6. The molecule has 5 N–H and O–H groups in total. The third-order valence-electron chi connectivity index (χ3n) is 13.7. The van der Waals surface area contributed by atoms with E-state index in [4.69, 9.17) is 23.7 Å². The summed E-state index contributed by atoms with van der Waals surface area (Å²) in [4.78, 5) is 69.5. The number of piperazine rings is 1. The van der Waals surface area contributed by atoms with E-state index in [1.165, 1.54) is 12.1 Å². The van der Waals surface area contributed by atoms with E-state index in [1.807, 2.05) is 30.3 Å². The Hall–Kier alpha value is -6.88. The number of amides is 5. The third-order valence-corrected chi connectivity index (χ3v) is 13.7. The van der Waals surface area contributed by atoms with Gasteiger partial charge in [-0.2, -0.15) is 5.10 Å². The predicted molar refractivity (Wildman–Crippen MR) is 275 cm³/mol. The summed E-state index contributed by atoms with van der Waals surface area (Å²) in [6.45, 7) is 9.82. The van der Waals surface area contributed by atoms with Gasteiger partial charge in [0.25, 0.3) is 17.7 Å². The van der Waals surface area contributed by atoms with Crippen molar-refractivity contribution < 1.29 is 56.4 Å². The first-order valence-electron chi connectivity index (χ1n) is 25.7. The average Bonchev–Trinajstić information content (AvgIpc) is 3.92. The Bertz CT molecular complexity index is 2820. The molecule has 1 atom stereocenters. The number of ether oxygens (including phenoxy) is 5. The molecule has 5 heterocycles. The van der Waals surface area contributed by atoms with E-state index in [9.17, 15) is 32.8 Å². The number of nitrogens with one attached hydrogen (secondary N) is 5. The number of piperidine rings is 1. The van der Waals surface area contributed by atoms with Gasteiger partial charge < -0.3 is 44.5 Å². The number of H-pyrrole nitrogens is 1. The molecule has 19 nitrogen and oxygen atoms in total. The lowest BCUT2D eigenvalue weighted by molar-refractivity contribution is -0.136. The van der Waals surface area contributed by atoms with Gasteiger partial charge in [-0.05, 0) is 104 Å². The molecule has 21 heteroatoms. The fourth-order valence-corrected chi connectivity index (χ4v) is 9.73. The molecule has 1 aromatic heterocycles. The first-order valence-corrected chi connectivity index (χ1v) is 25.7. The molecule has 0 bridgehead atoms. The van der Waals surface area contributed by atoms with E-state index in [2.05, 4.69) is 47.3 Å². The molecule has 5 aromatic rings. The summed E-state index contributed by atoms with van der Waals surface area (Å²) in [5.74, 6) is -3.36. The molecule has 4 aliphatic heterocycles. The highest BCUT2D eigenvalue weighted by Crippen LogP contribution is 2.32. The second-order valence-corrected chi connectivity index (χ2v) is 18.9. The van der Waals surface area contributed by atoms with Crippen LogP contribution in [-0.4, -0.2) is 167 Å². The van der Waals surface area contributed by atoms with Crippen LogP contribution in [0.25, 0.3) is 10.9 Å². The Balaban J connectivity index is 0.626. The summed E-state index contributed by atoms with van der Waals surface area (Å²) in [5.41, 5.74) is 5.40. The summed E-state index contributed by atoms with van der Waals surface area (Å²) in [7, 11) is 0. The van der Waals surface area contributed by atoms with E-state index in [0.29, 0.717) is 107 Å². The molecule has 3 fully saturated rings. The van der Waals surface area contributed by atoms with Crippen molar-refractivity contribution in [3.63, 3.8) is 0 Å². The number of carbonyl (C=O) groups excluding carboxylic acids is 5. The van der Waals surface area contributed by atoms with E-state index in [-0.39, 0.29) is 35.9 Å². The van der Waals surface area contributed by atoms with E-state index in [1.54, 1.807) is 18.2 Å². The van der Waals surface area contributed by atoms with Crippen LogP contribution in [0.15, 0.2) is 72.8 Å². The zero-order chi connectivity index (χ0) is 52.1. The van der Waals surface area contributed by atoms with Crippen LogP contribution in [0.2, 0.25) is 0 Å². The highest BCUT2D eigenvalue weighted by atomic mass is 19.1. The van der Waals surface area contributed by atoms with Crippen LogP contribution in [0.1, 0.15) is 74.3 Å². The zero-order valence-corrected chi connectivity index (χ0v) is 41.8. The maximum Gasteiger partial charge on any atom is 0.262 e. The van der Waals surface area contributed by atoms with Crippen molar-refractivity contribution in [2.75, 3.05) is 126 Å². The number of benzene rings is 4. The molecule has 9 rings (SSSR count). The molecule has 4 aliphatic rings. The molecule has 75 heavy (non-hydrogen) atoms. The maximum absolute atomic E-state index is 14.0. The number of carbonyl (C=O) groups is 5. The van der Waals surface area contributed by atoms with Crippen molar-refractivity contribution in [3.8, 4) is 0 Å². The van der Waals surface area contributed by atoms with E-state index < -0.39 is 41.3 Å². The number of imide groups is 2. The summed E-state index contributed by atoms with van der Waals surface area (Å²) in [5, 5.41) is 20.1. The lowest BCUT2D eigenvalue weighted by Crippen LogP contribution is -2.54. The van der Waals surface area contributed by atoms with E-state index in [0.717, 1.165) is 85.4 Å². The number of rotatable bonds is 25. The molecule has 5 amide bonds. The topological polar surface area (TPSA) is 218 Å².